The smallest absolute Gasteiger partial charge is 0.258 e. The fourth-order valence-electron chi connectivity index (χ4n) is 3.41. The van der Waals surface area contributed by atoms with Gasteiger partial charge in [0.1, 0.15) is 5.75 Å². The number of carbonyl (C=O) groups excluding carboxylic acids is 1. The Morgan fingerprint density at radius 1 is 1.23 bits per heavy atom. The Hall–Kier alpha value is -1.26. The minimum absolute atomic E-state index is 0. The van der Waals surface area contributed by atoms with Gasteiger partial charge in [0.15, 0.2) is 6.61 Å². The number of amides is 1. The Kier molecular flexibility index (Phi) is 6.09. The first-order valence-electron chi connectivity index (χ1n) is 8.00. The summed E-state index contributed by atoms with van der Waals surface area (Å²) in [4.78, 5) is 12.0. The van der Waals surface area contributed by atoms with Crippen molar-refractivity contribution in [2.45, 2.75) is 57.2 Å². The van der Waals surface area contributed by atoms with Gasteiger partial charge >= 0.3 is 0 Å². The average molecular weight is 325 g/mol. The van der Waals surface area contributed by atoms with Crippen LogP contribution >= 0.6 is 12.4 Å². The maximum absolute atomic E-state index is 12.0. The van der Waals surface area contributed by atoms with E-state index in [-0.39, 0.29) is 24.9 Å². The Labute approximate surface area is 138 Å². The molecule has 5 heteroatoms. The summed E-state index contributed by atoms with van der Waals surface area (Å²) < 4.78 is 5.55. The standard InChI is InChI=1S/C17H24N2O2.ClH/c1-2-12-3-7-16(8-4-12)21-11-17(20)19-15-9-13-5-6-14(10-15)18-13;/h3-4,7-8,13-15,18H,2,5-6,9-11H2,1H3,(H,19,20);1H. The molecule has 2 N–H and O–H groups in total. The lowest BCUT2D eigenvalue weighted by atomic mass is 10.00. The fraction of sp³-hybridized carbons (Fsp3) is 0.588. The summed E-state index contributed by atoms with van der Waals surface area (Å²) in [6.45, 7) is 2.22. The van der Waals surface area contributed by atoms with Crippen LogP contribution in [0.4, 0.5) is 0 Å². The topological polar surface area (TPSA) is 50.4 Å². The van der Waals surface area contributed by atoms with Crippen LogP contribution in [-0.2, 0) is 11.2 Å². The van der Waals surface area contributed by atoms with Crippen molar-refractivity contribution in [2.24, 2.45) is 0 Å². The maximum Gasteiger partial charge on any atom is 0.258 e. The molecule has 0 radical (unpaired) electrons. The van der Waals surface area contributed by atoms with Gasteiger partial charge in [-0.05, 0) is 49.8 Å². The van der Waals surface area contributed by atoms with Gasteiger partial charge in [-0.25, -0.2) is 0 Å². The summed E-state index contributed by atoms with van der Waals surface area (Å²) in [6, 6.07) is 9.43. The van der Waals surface area contributed by atoms with E-state index in [2.05, 4.69) is 17.6 Å². The number of benzene rings is 1. The monoisotopic (exact) mass is 324 g/mol. The summed E-state index contributed by atoms with van der Waals surface area (Å²) in [5.41, 5.74) is 1.27. The quantitative estimate of drug-likeness (QED) is 0.874. The molecule has 2 aliphatic rings. The summed E-state index contributed by atoms with van der Waals surface area (Å²) >= 11 is 0. The predicted molar refractivity (Wildman–Crippen MR) is 89.7 cm³/mol. The number of hydrogen-bond acceptors (Lipinski definition) is 3. The van der Waals surface area contributed by atoms with Crippen molar-refractivity contribution < 1.29 is 9.53 Å². The van der Waals surface area contributed by atoms with E-state index in [9.17, 15) is 4.79 Å². The van der Waals surface area contributed by atoms with Gasteiger partial charge in [-0.3, -0.25) is 4.79 Å². The van der Waals surface area contributed by atoms with Gasteiger partial charge < -0.3 is 15.4 Å². The van der Waals surface area contributed by atoms with Gasteiger partial charge in [-0.1, -0.05) is 19.1 Å². The highest BCUT2D eigenvalue weighted by Crippen LogP contribution is 2.26. The number of nitrogens with one attached hydrogen (secondary N) is 2. The van der Waals surface area contributed by atoms with Crippen LogP contribution < -0.4 is 15.4 Å². The van der Waals surface area contributed by atoms with Crippen molar-refractivity contribution in [2.75, 3.05) is 6.61 Å². The Bertz CT molecular complexity index is 480. The second-order valence-corrected chi connectivity index (χ2v) is 6.16. The van der Waals surface area contributed by atoms with E-state index in [1.165, 1.54) is 18.4 Å². The van der Waals surface area contributed by atoms with Crippen molar-refractivity contribution in [1.82, 2.24) is 10.6 Å². The molecule has 2 atom stereocenters. The van der Waals surface area contributed by atoms with Gasteiger partial charge in [0.2, 0.25) is 0 Å². The number of rotatable bonds is 5. The number of aryl methyl sites for hydroxylation is 1. The third-order valence-electron chi connectivity index (χ3n) is 4.54. The van der Waals surface area contributed by atoms with Crippen molar-refractivity contribution in [3.63, 3.8) is 0 Å². The van der Waals surface area contributed by atoms with E-state index in [0.717, 1.165) is 25.0 Å². The molecular weight excluding hydrogens is 300 g/mol. The molecule has 122 valence electrons. The van der Waals surface area contributed by atoms with Crippen LogP contribution in [0.1, 0.15) is 38.2 Å². The molecule has 0 saturated carbocycles. The highest BCUT2D eigenvalue weighted by Gasteiger charge is 2.33. The summed E-state index contributed by atoms with van der Waals surface area (Å²) in [6.07, 6.45) is 5.61. The molecule has 4 nitrogen and oxygen atoms in total. The molecule has 1 aromatic carbocycles. The van der Waals surface area contributed by atoms with Crippen LogP contribution in [0.5, 0.6) is 5.75 Å². The highest BCUT2D eigenvalue weighted by atomic mass is 35.5. The number of hydrogen-bond donors (Lipinski definition) is 2. The maximum atomic E-state index is 12.0. The Morgan fingerprint density at radius 3 is 2.45 bits per heavy atom. The van der Waals surface area contributed by atoms with Gasteiger partial charge in [0, 0.05) is 18.1 Å². The van der Waals surface area contributed by atoms with E-state index in [1.807, 2.05) is 24.3 Å². The molecule has 0 aromatic heterocycles. The third kappa shape index (κ3) is 4.37. The van der Waals surface area contributed by atoms with Gasteiger partial charge in [-0.2, -0.15) is 0 Å². The number of carbonyl (C=O) groups is 1. The fourth-order valence-corrected chi connectivity index (χ4v) is 3.41. The molecular formula is C17H25ClN2O2. The molecule has 2 heterocycles. The van der Waals surface area contributed by atoms with Crippen molar-refractivity contribution in [3.05, 3.63) is 29.8 Å². The lowest BCUT2D eigenvalue weighted by Crippen LogP contribution is -2.48. The normalized spacial score (nSPS) is 26.1. The van der Waals surface area contributed by atoms with Crippen molar-refractivity contribution >= 4 is 18.3 Å². The van der Waals surface area contributed by atoms with Gasteiger partial charge in [0.25, 0.3) is 5.91 Å². The Balaban J connectivity index is 0.00000176. The molecule has 2 bridgehead atoms. The summed E-state index contributed by atoms with van der Waals surface area (Å²) in [5, 5.41) is 6.69. The molecule has 2 unspecified atom stereocenters. The molecule has 2 aliphatic heterocycles. The summed E-state index contributed by atoms with van der Waals surface area (Å²) in [7, 11) is 0. The third-order valence-corrected chi connectivity index (χ3v) is 4.54. The highest BCUT2D eigenvalue weighted by molar-refractivity contribution is 5.85. The lowest BCUT2D eigenvalue weighted by Gasteiger charge is -2.29. The number of halogens is 1. The van der Waals surface area contributed by atoms with Gasteiger partial charge in [0.05, 0.1) is 0 Å². The Morgan fingerprint density at radius 2 is 1.86 bits per heavy atom. The van der Waals surface area contributed by atoms with E-state index >= 15 is 0 Å². The zero-order valence-corrected chi connectivity index (χ0v) is 13.8. The van der Waals surface area contributed by atoms with Gasteiger partial charge in [-0.15, -0.1) is 12.4 Å². The number of fused-ring (bicyclic) bond motifs is 2. The minimum atomic E-state index is -0.0131. The molecule has 1 aromatic rings. The van der Waals surface area contributed by atoms with E-state index in [1.54, 1.807) is 0 Å². The lowest BCUT2D eigenvalue weighted by molar-refractivity contribution is -0.124. The van der Waals surface area contributed by atoms with Crippen molar-refractivity contribution in [3.8, 4) is 5.75 Å². The van der Waals surface area contributed by atoms with Crippen LogP contribution in [0.3, 0.4) is 0 Å². The van der Waals surface area contributed by atoms with Crippen LogP contribution in [-0.4, -0.2) is 30.6 Å². The zero-order valence-electron chi connectivity index (χ0n) is 13.0. The van der Waals surface area contributed by atoms with E-state index in [4.69, 9.17) is 4.74 Å². The zero-order chi connectivity index (χ0) is 14.7. The largest absolute Gasteiger partial charge is 0.484 e. The van der Waals surface area contributed by atoms with E-state index < -0.39 is 0 Å². The average Bonchev–Trinajstić information content (AvgIpc) is 2.84. The molecule has 2 saturated heterocycles. The second-order valence-electron chi connectivity index (χ2n) is 6.16. The van der Waals surface area contributed by atoms with Crippen molar-refractivity contribution in [1.29, 1.82) is 0 Å². The van der Waals surface area contributed by atoms with Crippen LogP contribution in [0.15, 0.2) is 24.3 Å². The molecule has 3 rings (SSSR count). The number of ether oxygens (including phenoxy) is 1. The molecule has 22 heavy (non-hydrogen) atoms. The van der Waals surface area contributed by atoms with Crippen LogP contribution in [0, 0.1) is 0 Å². The first-order valence-corrected chi connectivity index (χ1v) is 8.00. The van der Waals surface area contributed by atoms with Crippen LogP contribution in [0.2, 0.25) is 0 Å². The summed E-state index contributed by atoms with van der Waals surface area (Å²) in [5.74, 6) is 0.744. The minimum Gasteiger partial charge on any atom is -0.484 e. The first kappa shape index (κ1) is 17.1. The van der Waals surface area contributed by atoms with E-state index in [0.29, 0.717) is 18.1 Å². The second kappa shape index (κ2) is 7.84. The number of piperidine rings is 1. The molecule has 1 amide bonds. The molecule has 0 spiro atoms. The molecule has 0 aliphatic carbocycles. The first-order chi connectivity index (χ1) is 10.2. The molecule has 2 fully saturated rings. The SMILES string of the molecule is CCc1ccc(OCC(=O)NC2CC3CCC(C2)N3)cc1.Cl. The van der Waals surface area contributed by atoms with Crippen LogP contribution in [0.25, 0.3) is 0 Å². The predicted octanol–water partition coefficient (Wildman–Crippen LogP) is 2.45.